The molecule has 0 saturated heterocycles. The van der Waals surface area contributed by atoms with Crippen molar-refractivity contribution < 1.29 is 4.74 Å². The summed E-state index contributed by atoms with van der Waals surface area (Å²) in [6.07, 6.45) is 0. The van der Waals surface area contributed by atoms with Crippen molar-refractivity contribution >= 4 is 11.6 Å². The topological polar surface area (TPSA) is 12.5 Å². The molecule has 0 unspecified atom stereocenters. The Balaban J connectivity index is 0.00000137. The third kappa shape index (κ3) is 6.27. The summed E-state index contributed by atoms with van der Waals surface area (Å²) in [5.41, 5.74) is 1.25. The van der Waals surface area contributed by atoms with Crippen LogP contribution in [-0.4, -0.2) is 32.1 Å². The molecule has 18 heavy (non-hydrogen) atoms. The minimum Gasteiger partial charge on any atom is -0.491 e. The minimum atomic E-state index is 0.494. The molecule has 0 bridgehead atoms. The van der Waals surface area contributed by atoms with Crippen LogP contribution in [0.5, 0.6) is 5.75 Å². The zero-order valence-corrected chi connectivity index (χ0v) is 13.2. The monoisotopic (exact) mass is 271 g/mol. The van der Waals surface area contributed by atoms with E-state index in [2.05, 4.69) is 18.7 Å². The minimum absolute atomic E-state index is 0.494. The van der Waals surface area contributed by atoms with Gasteiger partial charge in [-0.2, -0.15) is 0 Å². The maximum Gasteiger partial charge on any atom is 0.138 e. The van der Waals surface area contributed by atoms with E-state index in [1.54, 1.807) is 0 Å². The van der Waals surface area contributed by atoms with Gasteiger partial charge < -0.3 is 9.64 Å². The van der Waals surface area contributed by atoms with Crippen molar-refractivity contribution in [2.24, 2.45) is 0 Å². The summed E-state index contributed by atoms with van der Waals surface area (Å²) < 4.78 is 5.66. The van der Waals surface area contributed by atoms with Gasteiger partial charge in [0, 0.05) is 6.54 Å². The van der Waals surface area contributed by atoms with Crippen LogP contribution in [-0.2, 0) is 0 Å². The second-order valence-electron chi connectivity index (χ2n) is 4.50. The highest BCUT2D eigenvalue weighted by molar-refractivity contribution is 6.32. The van der Waals surface area contributed by atoms with Gasteiger partial charge in [0.25, 0.3) is 0 Å². The number of halogens is 1. The van der Waals surface area contributed by atoms with Crippen molar-refractivity contribution in [3.8, 4) is 5.75 Å². The summed E-state index contributed by atoms with van der Waals surface area (Å²) in [4.78, 5) is 2.08. The summed E-state index contributed by atoms with van der Waals surface area (Å²) in [6, 6.07) is 5.98. The van der Waals surface area contributed by atoms with Crippen LogP contribution in [0, 0.1) is 0 Å². The molecule has 0 aliphatic heterocycles. The molecular formula is C15H26ClNO. The Labute approximate surface area is 117 Å². The second-order valence-corrected chi connectivity index (χ2v) is 4.90. The van der Waals surface area contributed by atoms with Crippen LogP contribution < -0.4 is 4.74 Å². The molecule has 2 nitrogen and oxygen atoms in total. The van der Waals surface area contributed by atoms with E-state index in [9.17, 15) is 0 Å². The van der Waals surface area contributed by atoms with Crippen molar-refractivity contribution in [1.82, 2.24) is 4.90 Å². The normalized spacial score (nSPS) is 10.3. The molecule has 0 aliphatic rings. The Bertz CT molecular complexity index is 337. The van der Waals surface area contributed by atoms with Gasteiger partial charge in [0.2, 0.25) is 0 Å². The van der Waals surface area contributed by atoms with Crippen LogP contribution in [0.25, 0.3) is 0 Å². The molecule has 0 heterocycles. The Hall–Kier alpha value is -0.730. The molecule has 0 aliphatic carbocycles. The van der Waals surface area contributed by atoms with Crippen molar-refractivity contribution in [3.05, 3.63) is 28.8 Å². The summed E-state index contributed by atoms with van der Waals surface area (Å²) in [7, 11) is 4.05. The molecule has 0 aromatic heterocycles. The molecule has 1 aromatic rings. The number of likely N-dealkylation sites (N-methyl/N-ethyl adjacent to an activating group) is 1. The van der Waals surface area contributed by atoms with Crippen molar-refractivity contribution in [1.29, 1.82) is 0 Å². The van der Waals surface area contributed by atoms with Gasteiger partial charge in [0.15, 0.2) is 0 Å². The summed E-state index contributed by atoms with van der Waals surface area (Å²) in [6.45, 7) is 9.87. The van der Waals surface area contributed by atoms with E-state index in [4.69, 9.17) is 16.3 Å². The number of hydrogen-bond acceptors (Lipinski definition) is 2. The highest BCUT2D eigenvalue weighted by atomic mass is 35.5. The lowest BCUT2D eigenvalue weighted by molar-refractivity contribution is 0.261. The lowest BCUT2D eigenvalue weighted by Crippen LogP contribution is -2.19. The van der Waals surface area contributed by atoms with Gasteiger partial charge in [0.05, 0.1) is 5.02 Å². The fraction of sp³-hybridized carbons (Fsp3) is 0.600. The third-order valence-corrected chi connectivity index (χ3v) is 2.73. The third-order valence-electron chi connectivity index (χ3n) is 2.42. The molecule has 0 spiro atoms. The van der Waals surface area contributed by atoms with E-state index in [0.717, 1.165) is 12.3 Å². The zero-order chi connectivity index (χ0) is 14.1. The average molecular weight is 272 g/mol. The zero-order valence-electron chi connectivity index (χ0n) is 12.5. The van der Waals surface area contributed by atoms with Crippen LogP contribution in [0.15, 0.2) is 18.2 Å². The lowest BCUT2D eigenvalue weighted by Gasteiger charge is -2.14. The van der Waals surface area contributed by atoms with E-state index >= 15 is 0 Å². The lowest BCUT2D eigenvalue weighted by atomic mass is 10.0. The van der Waals surface area contributed by atoms with Crippen molar-refractivity contribution in [3.63, 3.8) is 0 Å². The standard InChI is InChI=1S/C13H20ClNO.C2H6/c1-10(2)11-5-6-12(14)13(9-11)16-8-7-15(3)4;1-2/h5-6,9-10H,7-8H2,1-4H3;1-2H3. The Morgan fingerprint density at radius 2 is 1.83 bits per heavy atom. The first kappa shape index (κ1) is 17.3. The smallest absolute Gasteiger partial charge is 0.138 e. The van der Waals surface area contributed by atoms with Gasteiger partial charge in [-0.25, -0.2) is 0 Å². The van der Waals surface area contributed by atoms with Crippen LogP contribution in [0.2, 0.25) is 5.02 Å². The molecule has 0 atom stereocenters. The van der Waals surface area contributed by atoms with Crippen molar-refractivity contribution in [2.75, 3.05) is 27.2 Å². The number of rotatable bonds is 5. The molecule has 0 saturated carbocycles. The fourth-order valence-electron chi connectivity index (χ4n) is 1.33. The van der Waals surface area contributed by atoms with Crippen LogP contribution in [0.3, 0.4) is 0 Å². The highest BCUT2D eigenvalue weighted by Crippen LogP contribution is 2.28. The first-order valence-corrected chi connectivity index (χ1v) is 6.95. The van der Waals surface area contributed by atoms with E-state index in [-0.39, 0.29) is 0 Å². The molecule has 0 radical (unpaired) electrons. The quantitative estimate of drug-likeness (QED) is 0.786. The number of ether oxygens (including phenoxy) is 1. The largest absolute Gasteiger partial charge is 0.491 e. The molecule has 3 heteroatoms. The number of hydrogen-bond donors (Lipinski definition) is 0. The van der Waals surface area contributed by atoms with E-state index < -0.39 is 0 Å². The first-order chi connectivity index (χ1) is 8.50. The SMILES string of the molecule is CC.CC(C)c1ccc(Cl)c(OCCN(C)C)c1. The number of nitrogens with zero attached hydrogens (tertiary/aromatic N) is 1. The molecule has 0 N–H and O–H groups in total. The maximum absolute atomic E-state index is 6.08. The molecule has 1 rings (SSSR count). The molecule has 0 fully saturated rings. The van der Waals surface area contributed by atoms with Crippen LogP contribution >= 0.6 is 11.6 Å². The van der Waals surface area contributed by atoms with Gasteiger partial charge in [-0.3, -0.25) is 0 Å². The van der Waals surface area contributed by atoms with Gasteiger partial charge in [-0.1, -0.05) is 45.4 Å². The summed E-state index contributed by atoms with van der Waals surface area (Å²) >= 11 is 6.08. The summed E-state index contributed by atoms with van der Waals surface area (Å²) in [5.74, 6) is 1.28. The van der Waals surface area contributed by atoms with Gasteiger partial charge in [-0.05, 0) is 37.7 Å². The molecule has 104 valence electrons. The molecular weight excluding hydrogens is 246 g/mol. The average Bonchev–Trinajstić information content (AvgIpc) is 2.33. The maximum atomic E-state index is 6.08. The van der Waals surface area contributed by atoms with E-state index in [1.807, 2.05) is 46.1 Å². The fourth-order valence-corrected chi connectivity index (χ4v) is 1.50. The Kier molecular flexibility index (Phi) is 8.86. The predicted octanol–water partition coefficient (Wildman–Crippen LogP) is 4.43. The number of benzene rings is 1. The second kappa shape index (κ2) is 9.23. The predicted molar refractivity (Wildman–Crippen MR) is 80.9 cm³/mol. The van der Waals surface area contributed by atoms with E-state index in [0.29, 0.717) is 17.5 Å². The van der Waals surface area contributed by atoms with Gasteiger partial charge in [0.1, 0.15) is 12.4 Å². The van der Waals surface area contributed by atoms with Crippen molar-refractivity contribution in [2.45, 2.75) is 33.6 Å². The van der Waals surface area contributed by atoms with Crippen LogP contribution in [0.1, 0.15) is 39.2 Å². The summed E-state index contributed by atoms with van der Waals surface area (Å²) in [5, 5.41) is 0.683. The van der Waals surface area contributed by atoms with Gasteiger partial charge >= 0.3 is 0 Å². The molecule has 0 amide bonds. The Morgan fingerprint density at radius 1 is 1.22 bits per heavy atom. The highest BCUT2D eigenvalue weighted by Gasteiger charge is 2.06. The Morgan fingerprint density at radius 3 is 2.33 bits per heavy atom. The van der Waals surface area contributed by atoms with Gasteiger partial charge in [-0.15, -0.1) is 0 Å². The first-order valence-electron chi connectivity index (χ1n) is 6.57. The van der Waals surface area contributed by atoms with E-state index in [1.165, 1.54) is 5.56 Å². The van der Waals surface area contributed by atoms with Crippen LogP contribution in [0.4, 0.5) is 0 Å². The molecule has 1 aromatic carbocycles.